The molecule has 174 valence electrons. The van der Waals surface area contributed by atoms with Crippen molar-refractivity contribution >= 4 is 33.2 Å². The van der Waals surface area contributed by atoms with Crippen molar-refractivity contribution in [2.45, 2.75) is 13.5 Å². The van der Waals surface area contributed by atoms with Gasteiger partial charge in [-0.2, -0.15) is 0 Å². The maximum atomic E-state index is 10.7. The van der Waals surface area contributed by atoms with Gasteiger partial charge in [-0.3, -0.25) is 0 Å². The van der Waals surface area contributed by atoms with Crippen LogP contribution in [0.2, 0.25) is 0 Å². The minimum absolute atomic E-state index is 0.299. The van der Waals surface area contributed by atoms with Crippen molar-refractivity contribution in [3.05, 3.63) is 81.8 Å². The summed E-state index contributed by atoms with van der Waals surface area (Å²) in [5, 5.41) is 9.63. The number of aryl methyl sites for hydroxylation is 1. The highest BCUT2D eigenvalue weighted by Crippen LogP contribution is 2.38. The Morgan fingerprint density at radius 3 is 2.50 bits per heavy atom. The monoisotopic (exact) mass is 539 g/mol. The van der Waals surface area contributed by atoms with E-state index in [9.17, 15) is 4.79 Å². The largest absolute Gasteiger partial charge is 0.497 e. The minimum atomic E-state index is -1.02. The zero-order valence-electron chi connectivity index (χ0n) is 18.6. The van der Waals surface area contributed by atoms with E-state index in [0.29, 0.717) is 18.1 Å². The number of carboxylic acids is 1. The number of methoxy groups -OCH3 is 1. The van der Waals surface area contributed by atoms with Gasteiger partial charge in [0.2, 0.25) is 0 Å². The molecule has 6 nitrogen and oxygen atoms in total. The molecule has 4 rings (SSSR count). The van der Waals surface area contributed by atoms with Crippen LogP contribution in [-0.4, -0.2) is 29.8 Å². The van der Waals surface area contributed by atoms with Crippen molar-refractivity contribution in [2.75, 3.05) is 13.7 Å². The van der Waals surface area contributed by atoms with Crippen LogP contribution in [-0.2, 0) is 11.4 Å². The summed E-state index contributed by atoms with van der Waals surface area (Å²) in [4.78, 5) is 16.7. The van der Waals surface area contributed by atoms with Crippen LogP contribution < -0.4 is 14.2 Å². The zero-order valence-corrected chi connectivity index (χ0v) is 21.0. The van der Waals surface area contributed by atoms with E-state index in [1.54, 1.807) is 30.6 Å². The molecule has 0 fully saturated rings. The number of nitrogens with zero attached hydrogens (tertiary/aromatic N) is 1. The standard InChI is InChI=1S/C26H22BrNO5S/c1-16-12-21(10-11-22(16)33-15-24(29)30)32-14-23-28-25(18-4-3-5-20(13-18)31-2)26(34-23)17-6-8-19(27)9-7-17/h3-13H,14-15H2,1-2H3,(H,29,30). The smallest absolute Gasteiger partial charge is 0.341 e. The zero-order chi connectivity index (χ0) is 24.1. The van der Waals surface area contributed by atoms with Crippen molar-refractivity contribution in [1.82, 2.24) is 4.98 Å². The van der Waals surface area contributed by atoms with Gasteiger partial charge in [-0.05, 0) is 60.5 Å². The molecule has 0 aliphatic carbocycles. The number of rotatable bonds is 9. The van der Waals surface area contributed by atoms with Crippen LogP contribution >= 0.6 is 27.3 Å². The van der Waals surface area contributed by atoms with E-state index in [1.807, 2.05) is 49.4 Å². The summed E-state index contributed by atoms with van der Waals surface area (Å²) in [7, 11) is 1.65. The molecule has 0 saturated heterocycles. The van der Waals surface area contributed by atoms with Crippen LogP contribution in [0.3, 0.4) is 0 Å². The van der Waals surface area contributed by atoms with E-state index in [4.69, 9.17) is 24.3 Å². The fourth-order valence-corrected chi connectivity index (χ4v) is 4.62. The summed E-state index contributed by atoms with van der Waals surface area (Å²) in [5.74, 6) is 0.924. The van der Waals surface area contributed by atoms with Gasteiger partial charge in [0, 0.05) is 10.0 Å². The van der Waals surface area contributed by atoms with Crippen LogP contribution in [0, 0.1) is 6.92 Å². The topological polar surface area (TPSA) is 77.9 Å². The molecule has 1 N–H and O–H groups in total. The van der Waals surface area contributed by atoms with Gasteiger partial charge in [-0.15, -0.1) is 11.3 Å². The average molecular weight is 540 g/mol. The number of aromatic nitrogens is 1. The fourth-order valence-electron chi connectivity index (χ4n) is 3.35. The molecule has 0 aliphatic heterocycles. The molecule has 0 radical (unpaired) electrons. The summed E-state index contributed by atoms with van der Waals surface area (Å²) < 4.78 is 17.7. The Morgan fingerprint density at radius 2 is 1.79 bits per heavy atom. The Kier molecular flexibility index (Phi) is 7.49. The number of carboxylic acid groups (broad SMARTS) is 1. The first kappa shape index (κ1) is 23.8. The molecule has 1 heterocycles. The number of benzene rings is 3. The van der Waals surface area contributed by atoms with Gasteiger partial charge < -0.3 is 19.3 Å². The molecule has 0 saturated carbocycles. The lowest BCUT2D eigenvalue weighted by molar-refractivity contribution is -0.139. The third kappa shape index (κ3) is 5.76. The van der Waals surface area contributed by atoms with Crippen LogP contribution in [0.15, 0.2) is 71.2 Å². The molecule has 8 heteroatoms. The average Bonchev–Trinajstić information content (AvgIpc) is 3.27. The van der Waals surface area contributed by atoms with Crippen molar-refractivity contribution < 1.29 is 24.1 Å². The van der Waals surface area contributed by atoms with Gasteiger partial charge in [-0.25, -0.2) is 9.78 Å². The third-order valence-corrected chi connectivity index (χ3v) is 6.59. The van der Waals surface area contributed by atoms with Crippen LogP contribution in [0.5, 0.6) is 17.2 Å². The minimum Gasteiger partial charge on any atom is -0.497 e. The number of thiazole rings is 1. The molecular formula is C26H22BrNO5S. The quantitative estimate of drug-likeness (QED) is 0.258. The molecule has 0 unspecified atom stereocenters. The molecule has 0 bridgehead atoms. The third-order valence-electron chi connectivity index (χ3n) is 4.98. The fraction of sp³-hybridized carbons (Fsp3) is 0.154. The van der Waals surface area contributed by atoms with Crippen molar-refractivity contribution in [2.24, 2.45) is 0 Å². The summed E-state index contributed by atoms with van der Waals surface area (Å²) in [6.07, 6.45) is 0. The second-order valence-electron chi connectivity index (χ2n) is 7.42. The van der Waals surface area contributed by atoms with Gasteiger partial charge in [0.05, 0.1) is 17.7 Å². The Labute approximate surface area is 209 Å². The highest BCUT2D eigenvalue weighted by Gasteiger charge is 2.16. The van der Waals surface area contributed by atoms with Gasteiger partial charge in [0.25, 0.3) is 0 Å². The predicted molar refractivity (Wildman–Crippen MR) is 136 cm³/mol. The Morgan fingerprint density at radius 1 is 1.00 bits per heavy atom. The van der Waals surface area contributed by atoms with E-state index in [2.05, 4.69) is 28.1 Å². The molecule has 0 amide bonds. The SMILES string of the molecule is COc1cccc(-c2nc(COc3ccc(OCC(=O)O)c(C)c3)sc2-c2ccc(Br)cc2)c1. The number of hydrogen-bond donors (Lipinski definition) is 1. The number of carbonyl (C=O) groups is 1. The molecule has 34 heavy (non-hydrogen) atoms. The lowest BCUT2D eigenvalue weighted by atomic mass is 10.1. The molecule has 0 spiro atoms. The molecule has 1 aromatic heterocycles. The highest BCUT2D eigenvalue weighted by atomic mass is 79.9. The van der Waals surface area contributed by atoms with Crippen molar-refractivity contribution in [3.63, 3.8) is 0 Å². The summed E-state index contributed by atoms with van der Waals surface area (Å²) in [5.41, 5.74) is 3.71. The van der Waals surface area contributed by atoms with Crippen LogP contribution in [0.4, 0.5) is 0 Å². The second-order valence-corrected chi connectivity index (χ2v) is 9.42. The lowest BCUT2D eigenvalue weighted by Gasteiger charge is -2.09. The van der Waals surface area contributed by atoms with Crippen LogP contribution in [0.1, 0.15) is 10.6 Å². The Balaban J connectivity index is 1.59. The molecular weight excluding hydrogens is 518 g/mol. The van der Waals surface area contributed by atoms with E-state index in [1.165, 1.54) is 0 Å². The first-order valence-electron chi connectivity index (χ1n) is 10.4. The molecule has 0 aliphatic rings. The van der Waals surface area contributed by atoms with Gasteiger partial charge >= 0.3 is 5.97 Å². The van der Waals surface area contributed by atoms with Gasteiger partial charge in [-0.1, -0.05) is 40.2 Å². The first-order valence-corrected chi connectivity index (χ1v) is 12.0. The van der Waals surface area contributed by atoms with E-state index in [0.717, 1.165) is 42.5 Å². The highest BCUT2D eigenvalue weighted by molar-refractivity contribution is 9.10. The van der Waals surface area contributed by atoms with Crippen LogP contribution in [0.25, 0.3) is 21.7 Å². The number of hydrogen-bond acceptors (Lipinski definition) is 6. The first-order chi connectivity index (χ1) is 16.4. The summed E-state index contributed by atoms with van der Waals surface area (Å²) in [6, 6.07) is 21.3. The van der Waals surface area contributed by atoms with E-state index < -0.39 is 5.97 Å². The van der Waals surface area contributed by atoms with Crippen molar-refractivity contribution in [3.8, 4) is 38.9 Å². The second kappa shape index (κ2) is 10.7. The van der Waals surface area contributed by atoms with Crippen molar-refractivity contribution in [1.29, 1.82) is 0 Å². The predicted octanol–water partition coefficient (Wildman–Crippen LogP) is 6.60. The van der Waals surface area contributed by atoms with E-state index in [-0.39, 0.29) is 6.61 Å². The molecule has 0 atom stereocenters. The Bertz CT molecular complexity index is 1300. The Hall–Kier alpha value is -3.36. The maximum Gasteiger partial charge on any atom is 0.341 e. The normalized spacial score (nSPS) is 10.7. The van der Waals surface area contributed by atoms with Gasteiger partial charge in [0.15, 0.2) is 6.61 Å². The molecule has 4 aromatic rings. The molecule has 3 aromatic carbocycles. The van der Waals surface area contributed by atoms with E-state index >= 15 is 0 Å². The maximum absolute atomic E-state index is 10.7. The number of ether oxygens (including phenoxy) is 3. The summed E-state index contributed by atoms with van der Waals surface area (Å²) >= 11 is 5.08. The summed E-state index contributed by atoms with van der Waals surface area (Å²) in [6.45, 7) is 1.76. The number of halogens is 1. The number of aliphatic carboxylic acids is 1. The lowest BCUT2D eigenvalue weighted by Crippen LogP contribution is -2.10. The van der Waals surface area contributed by atoms with Gasteiger partial charge in [0.1, 0.15) is 28.9 Å².